The molecule has 1 nitrogen and oxygen atoms in total. The summed E-state index contributed by atoms with van der Waals surface area (Å²) in [6, 6.07) is 0.557. The van der Waals surface area contributed by atoms with Gasteiger partial charge in [-0.15, -0.1) is 0 Å². The summed E-state index contributed by atoms with van der Waals surface area (Å²) in [5, 5.41) is 0. The molecule has 12 heavy (non-hydrogen) atoms. The second-order valence-corrected chi connectivity index (χ2v) is 4.76. The average molecular weight is 167 g/mol. The Labute approximate surface area is 75.7 Å². The number of hydrogen-bond donors (Lipinski definition) is 1. The maximum atomic E-state index is 6.20. The quantitative estimate of drug-likeness (QED) is 0.687. The van der Waals surface area contributed by atoms with Gasteiger partial charge in [0, 0.05) is 6.04 Å². The average Bonchev–Trinajstić information content (AvgIpc) is 2.82. The highest BCUT2D eigenvalue weighted by atomic mass is 14.7. The Hall–Kier alpha value is -0.0400. The second kappa shape index (κ2) is 3.37. The lowest BCUT2D eigenvalue weighted by Gasteiger charge is -2.18. The summed E-state index contributed by atoms with van der Waals surface area (Å²) in [5.41, 5.74) is 6.20. The van der Waals surface area contributed by atoms with Crippen molar-refractivity contribution in [1.29, 1.82) is 0 Å². The molecular weight excluding hydrogens is 146 g/mol. The third-order valence-corrected chi connectivity index (χ3v) is 3.87. The van der Waals surface area contributed by atoms with E-state index in [1.54, 1.807) is 0 Å². The van der Waals surface area contributed by atoms with E-state index in [1.807, 2.05) is 0 Å². The van der Waals surface area contributed by atoms with Crippen molar-refractivity contribution in [2.75, 3.05) is 0 Å². The van der Waals surface area contributed by atoms with E-state index >= 15 is 0 Å². The zero-order chi connectivity index (χ0) is 8.55. The number of hydrogen-bond acceptors (Lipinski definition) is 1. The Kier molecular flexibility index (Phi) is 2.40. The summed E-state index contributed by atoms with van der Waals surface area (Å²) < 4.78 is 0. The largest absolute Gasteiger partial charge is 0.327 e. The van der Waals surface area contributed by atoms with Gasteiger partial charge in [-0.25, -0.2) is 0 Å². The molecule has 0 aromatic rings. The molecule has 2 aliphatic carbocycles. The lowest BCUT2D eigenvalue weighted by atomic mass is 9.93. The van der Waals surface area contributed by atoms with E-state index in [1.165, 1.54) is 38.5 Å². The van der Waals surface area contributed by atoms with Crippen LogP contribution in [0.5, 0.6) is 0 Å². The van der Waals surface area contributed by atoms with Gasteiger partial charge in [-0.2, -0.15) is 0 Å². The third-order valence-electron chi connectivity index (χ3n) is 3.87. The van der Waals surface area contributed by atoms with Gasteiger partial charge in [0.15, 0.2) is 0 Å². The SMILES string of the molecule is CCC1CCC(C(N)C2CC2)C1. The van der Waals surface area contributed by atoms with E-state index in [2.05, 4.69) is 6.92 Å². The van der Waals surface area contributed by atoms with Gasteiger partial charge >= 0.3 is 0 Å². The normalized spacial score (nSPS) is 38.5. The molecule has 0 bridgehead atoms. The Bertz CT molecular complexity index is 151. The summed E-state index contributed by atoms with van der Waals surface area (Å²) in [6.45, 7) is 2.32. The van der Waals surface area contributed by atoms with E-state index in [-0.39, 0.29) is 0 Å². The summed E-state index contributed by atoms with van der Waals surface area (Å²) in [7, 11) is 0. The summed E-state index contributed by atoms with van der Waals surface area (Å²) in [4.78, 5) is 0. The Balaban J connectivity index is 1.81. The van der Waals surface area contributed by atoms with Gasteiger partial charge < -0.3 is 5.73 Å². The van der Waals surface area contributed by atoms with Crippen LogP contribution in [-0.4, -0.2) is 6.04 Å². The monoisotopic (exact) mass is 167 g/mol. The van der Waals surface area contributed by atoms with Crippen LogP contribution in [0.3, 0.4) is 0 Å². The highest BCUT2D eigenvalue weighted by Gasteiger charge is 2.36. The lowest BCUT2D eigenvalue weighted by Crippen LogP contribution is -2.30. The van der Waals surface area contributed by atoms with Crippen LogP contribution in [0.15, 0.2) is 0 Å². The van der Waals surface area contributed by atoms with Gasteiger partial charge in [-0.1, -0.05) is 19.8 Å². The predicted molar refractivity (Wildman–Crippen MR) is 51.8 cm³/mol. The second-order valence-electron chi connectivity index (χ2n) is 4.76. The Morgan fingerprint density at radius 3 is 2.33 bits per heavy atom. The van der Waals surface area contributed by atoms with Crippen molar-refractivity contribution < 1.29 is 0 Å². The fourth-order valence-corrected chi connectivity index (χ4v) is 2.70. The molecule has 0 aromatic heterocycles. The van der Waals surface area contributed by atoms with Crippen LogP contribution < -0.4 is 5.73 Å². The maximum Gasteiger partial charge on any atom is 0.00957 e. The highest BCUT2D eigenvalue weighted by molar-refractivity contribution is 4.91. The van der Waals surface area contributed by atoms with E-state index in [0.29, 0.717) is 6.04 Å². The van der Waals surface area contributed by atoms with Gasteiger partial charge in [0.05, 0.1) is 0 Å². The van der Waals surface area contributed by atoms with E-state index in [0.717, 1.165) is 17.8 Å². The van der Waals surface area contributed by atoms with Crippen molar-refractivity contribution in [2.24, 2.45) is 23.5 Å². The molecule has 0 heterocycles. The van der Waals surface area contributed by atoms with E-state index in [4.69, 9.17) is 5.73 Å². The van der Waals surface area contributed by atoms with Gasteiger partial charge in [0.25, 0.3) is 0 Å². The molecule has 0 amide bonds. The topological polar surface area (TPSA) is 26.0 Å². The molecule has 1 heteroatoms. The maximum absolute atomic E-state index is 6.20. The Morgan fingerprint density at radius 2 is 1.83 bits per heavy atom. The minimum absolute atomic E-state index is 0.557. The molecule has 2 aliphatic rings. The molecule has 3 unspecified atom stereocenters. The lowest BCUT2D eigenvalue weighted by molar-refractivity contribution is 0.377. The first-order chi connectivity index (χ1) is 5.81. The van der Waals surface area contributed by atoms with Crippen LogP contribution in [0.2, 0.25) is 0 Å². The van der Waals surface area contributed by atoms with Crippen LogP contribution in [-0.2, 0) is 0 Å². The first-order valence-electron chi connectivity index (χ1n) is 5.56. The number of rotatable bonds is 3. The molecule has 0 aromatic carbocycles. The zero-order valence-electron chi connectivity index (χ0n) is 8.13. The van der Waals surface area contributed by atoms with Gasteiger partial charge in [-0.3, -0.25) is 0 Å². The summed E-state index contributed by atoms with van der Waals surface area (Å²) in [6.07, 6.45) is 8.47. The van der Waals surface area contributed by atoms with Crippen molar-refractivity contribution in [3.05, 3.63) is 0 Å². The van der Waals surface area contributed by atoms with Crippen LogP contribution in [0.25, 0.3) is 0 Å². The van der Waals surface area contributed by atoms with E-state index in [9.17, 15) is 0 Å². The predicted octanol–water partition coefficient (Wildman–Crippen LogP) is 2.55. The molecule has 2 N–H and O–H groups in total. The summed E-state index contributed by atoms with van der Waals surface area (Å²) in [5.74, 6) is 2.79. The van der Waals surface area contributed by atoms with Gasteiger partial charge in [0.2, 0.25) is 0 Å². The van der Waals surface area contributed by atoms with Gasteiger partial charge in [0.1, 0.15) is 0 Å². The summed E-state index contributed by atoms with van der Waals surface area (Å²) >= 11 is 0. The van der Waals surface area contributed by atoms with Crippen molar-refractivity contribution in [3.63, 3.8) is 0 Å². The first-order valence-corrected chi connectivity index (χ1v) is 5.56. The van der Waals surface area contributed by atoms with Crippen LogP contribution >= 0.6 is 0 Å². The van der Waals surface area contributed by atoms with Crippen molar-refractivity contribution in [1.82, 2.24) is 0 Å². The number of nitrogens with two attached hydrogens (primary N) is 1. The molecular formula is C11H21N. The van der Waals surface area contributed by atoms with Crippen LogP contribution in [0.4, 0.5) is 0 Å². The molecule has 70 valence electrons. The van der Waals surface area contributed by atoms with E-state index < -0.39 is 0 Å². The third kappa shape index (κ3) is 1.66. The van der Waals surface area contributed by atoms with Crippen molar-refractivity contribution in [2.45, 2.75) is 51.5 Å². The minimum Gasteiger partial charge on any atom is -0.327 e. The standard InChI is InChI=1S/C11H21N/c1-2-8-3-4-10(7-8)11(12)9-5-6-9/h8-11H,2-7,12H2,1H3. The molecule has 0 spiro atoms. The molecule has 2 saturated carbocycles. The molecule has 2 fully saturated rings. The van der Waals surface area contributed by atoms with Crippen LogP contribution in [0, 0.1) is 17.8 Å². The van der Waals surface area contributed by atoms with Crippen molar-refractivity contribution in [3.8, 4) is 0 Å². The Morgan fingerprint density at radius 1 is 1.17 bits per heavy atom. The first kappa shape index (κ1) is 8.55. The highest BCUT2D eigenvalue weighted by Crippen LogP contribution is 2.42. The molecule has 0 saturated heterocycles. The molecule has 0 radical (unpaired) electrons. The fourth-order valence-electron chi connectivity index (χ4n) is 2.70. The smallest absolute Gasteiger partial charge is 0.00957 e. The molecule has 2 rings (SSSR count). The van der Waals surface area contributed by atoms with Gasteiger partial charge in [-0.05, 0) is 43.4 Å². The minimum atomic E-state index is 0.557. The van der Waals surface area contributed by atoms with Crippen molar-refractivity contribution >= 4 is 0 Å². The molecule has 0 aliphatic heterocycles. The zero-order valence-corrected chi connectivity index (χ0v) is 8.13. The fraction of sp³-hybridized carbons (Fsp3) is 1.00. The molecule has 3 atom stereocenters. The van der Waals surface area contributed by atoms with Crippen LogP contribution in [0.1, 0.15) is 45.4 Å².